The van der Waals surface area contributed by atoms with Gasteiger partial charge < -0.3 is 10.1 Å². The van der Waals surface area contributed by atoms with Gasteiger partial charge in [-0.3, -0.25) is 14.7 Å². The van der Waals surface area contributed by atoms with E-state index in [1.165, 1.54) is 12.4 Å². The van der Waals surface area contributed by atoms with Gasteiger partial charge in [0.05, 0.1) is 23.2 Å². The van der Waals surface area contributed by atoms with Crippen LogP contribution in [0.15, 0.2) is 53.4 Å². The van der Waals surface area contributed by atoms with Crippen molar-refractivity contribution in [1.82, 2.24) is 14.8 Å². The minimum atomic E-state index is -0.355. The van der Waals surface area contributed by atoms with Crippen molar-refractivity contribution in [2.45, 2.75) is 25.3 Å². The zero-order valence-electron chi connectivity index (χ0n) is 18.4. The van der Waals surface area contributed by atoms with Crippen LogP contribution in [0.25, 0.3) is 0 Å². The lowest BCUT2D eigenvalue weighted by molar-refractivity contribution is -0.605. The number of benzene rings is 1. The molecule has 1 atom stereocenters. The molecule has 3 heterocycles. The fourth-order valence-electron chi connectivity index (χ4n) is 4.91. The maximum Gasteiger partial charge on any atom is 0.227 e. The number of fused-ring (bicyclic) bond motifs is 2. The molecule has 1 aliphatic heterocycles. The zero-order valence-corrected chi connectivity index (χ0v) is 20.7. The van der Waals surface area contributed by atoms with Gasteiger partial charge in [0.25, 0.3) is 0 Å². The van der Waals surface area contributed by atoms with Gasteiger partial charge in [0.15, 0.2) is 12.4 Å². The standard InChI is InChI=1S/C25H23BrClFN4O2/c26-18-14-17-1-2-19-20(3-4-21(27)23(19)28)25(24(17)29-15-18)31-11-9-30(10-12-31)22(33)13-16-5-7-32(34)8-6-16/h3-8,14-15,25H,1-2,9-13H2/t25-/m1/s1. The van der Waals surface area contributed by atoms with Crippen LogP contribution in [0.2, 0.25) is 5.02 Å². The number of aromatic nitrogens is 2. The molecule has 0 unspecified atom stereocenters. The molecule has 3 aromatic rings. The Morgan fingerprint density at radius 3 is 2.65 bits per heavy atom. The van der Waals surface area contributed by atoms with Crippen molar-refractivity contribution in [1.29, 1.82) is 0 Å². The number of hydrogen-bond donors (Lipinski definition) is 0. The topological polar surface area (TPSA) is 63.4 Å². The van der Waals surface area contributed by atoms with Gasteiger partial charge in [0.1, 0.15) is 5.82 Å². The van der Waals surface area contributed by atoms with Crippen molar-refractivity contribution >= 4 is 33.4 Å². The molecule has 0 spiro atoms. The second-order valence-electron chi connectivity index (χ2n) is 8.69. The Labute approximate surface area is 210 Å². The Bertz CT molecular complexity index is 1230. The molecule has 0 saturated carbocycles. The molecule has 5 rings (SSSR count). The van der Waals surface area contributed by atoms with Crippen molar-refractivity contribution in [3.05, 3.63) is 97.4 Å². The molecule has 2 aromatic heterocycles. The summed E-state index contributed by atoms with van der Waals surface area (Å²) < 4.78 is 16.7. The highest BCUT2D eigenvalue weighted by atomic mass is 79.9. The molecule has 34 heavy (non-hydrogen) atoms. The summed E-state index contributed by atoms with van der Waals surface area (Å²) in [6.07, 6.45) is 6.09. The minimum absolute atomic E-state index is 0.0323. The highest BCUT2D eigenvalue weighted by Gasteiger charge is 2.34. The first-order valence-corrected chi connectivity index (χ1v) is 12.4. The van der Waals surface area contributed by atoms with E-state index >= 15 is 4.39 Å². The van der Waals surface area contributed by atoms with Crippen LogP contribution in [0.3, 0.4) is 0 Å². The molecule has 2 aliphatic rings. The summed E-state index contributed by atoms with van der Waals surface area (Å²) in [4.78, 5) is 21.7. The Kier molecular flexibility index (Phi) is 6.55. The number of hydrogen-bond acceptors (Lipinski definition) is 4. The third-order valence-electron chi connectivity index (χ3n) is 6.66. The second-order valence-corrected chi connectivity index (χ2v) is 10.0. The van der Waals surface area contributed by atoms with Crippen molar-refractivity contribution in [3.63, 3.8) is 0 Å². The summed E-state index contributed by atoms with van der Waals surface area (Å²) in [6, 6.07) is 8.74. The number of amides is 1. The first-order valence-electron chi connectivity index (χ1n) is 11.2. The molecule has 0 radical (unpaired) electrons. The molecule has 1 fully saturated rings. The number of aryl methyl sites for hydroxylation is 1. The molecule has 9 heteroatoms. The summed E-state index contributed by atoms with van der Waals surface area (Å²) >= 11 is 9.64. The van der Waals surface area contributed by atoms with Gasteiger partial charge in [-0.2, -0.15) is 4.73 Å². The lowest BCUT2D eigenvalue weighted by Crippen LogP contribution is -2.50. The quantitative estimate of drug-likeness (QED) is 0.371. The molecule has 1 aromatic carbocycles. The third kappa shape index (κ3) is 4.54. The molecule has 6 nitrogen and oxygen atoms in total. The van der Waals surface area contributed by atoms with E-state index in [4.69, 9.17) is 16.6 Å². The normalized spacial score (nSPS) is 18.2. The van der Waals surface area contributed by atoms with Gasteiger partial charge in [-0.15, -0.1) is 0 Å². The van der Waals surface area contributed by atoms with Crippen molar-refractivity contribution in [3.8, 4) is 0 Å². The van der Waals surface area contributed by atoms with Crippen LogP contribution in [0.1, 0.15) is 34.0 Å². The van der Waals surface area contributed by atoms with Crippen LogP contribution < -0.4 is 4.73 Å². The molecule has 176 valence electrons. The van der Waals surface area contributed by atoms with Crippen LogP contribution >= 0.6 is 27.5 Å². The van der Waals surface area contributed by atoms with E-state index in [2.05, 4.69) is 26.9 Å². The van der Waals surface area contributed by atoms with Crippen LogP contribution in [-0.2, 0) is 24.1 Å². The van der Waals surface area contributed by atoms with E-state index in [0.29, 0.717) is 49.3 Å². The van der Waals surface area contributed by atoms with E-state index in [1.807, 2.05) is 11.0 Å². The fraction of sp³-hybridized carbons (Fsp3) is 0.320. The number of carbonyl (C=O) groups is 1. The monoisotopic (exact) mass is 544 g/mol. The highest BCUT2D eigenvalue weighted by Crippen LogP contribution is 2.39. The second kappa shape index (κ2) is 9.60. The van der Waals surface area contributed by atoms with E-state index < -0.39 is 0 Å². The smallest absolute Gasteiger partial charge is 0.227 e. The minimum Gasteiger partial charge on any atom is -0.619 e. The van der Waals surface area contributed by atoms with Crippen LogP contribution in [0.4, 0.5) is 4.39 Å². The van der Waals surface area contributed by atoms with Crippen LogP contribution in [-0.4, -0.2) is 46.9 Å². The molecule has 1 saturated heterocycles. The summed E-state index contributed by atoms with van der Waals surface area (Å²) in [5.74, 6) is -0.322. The number of pyridine rings is 2. The average Bonchev–Trinajstić information content (AvgIpc) is 3.00. The maximum atomic E-state index is 15.1. The predicted molar refractivity (Wildman–Crippen MR) is 130 cm³/mol. The number of halogens is 3. The van der Waals surface area contributed by atoms with Gasteiger partial charge in [-0.05, 0) is 63.2 Å². The molecule has 1 aliphatic carbocycles. The van der Waals surface area contributed by atoms with E-state index in [9.17, 15) is 10.0 Å². The third-order valence-corrected chi connectivity index (χ3v) is 7.38. The number of carbonyl (C=O) groups excluding carboxylic acids is 1. The van der Waals surface area contributed by atoms with Gasteiger partial charge in [0.2, 0.25) is 5.91 Å². The first-order chi connectivity index (χ1) is 16.4. The van der Waals surface area contributed by atoms with E-state index in [1.54, 1.807) is 24.4 Å². The first kappa shape index (κ1) is 23.2. The Morgan fingerprint density at radius 1 is 1.18 bits per heavy atom. The van der Waals surface area contributed by atoms with Gasteiger partial charge >= 0.3 is 0 Å². The van der Waals surface area contributed by atoms with E-state index in [-0.39, 0.29) is 29.2 Å². The Balaban J connectivity index is 1.39. The molecule has 0 bridgehead atoms. The zero-order chi connectivity index (χ0) is 23.8. The molecule has 0 N–H and O–H groups in total. The maximum absolute atomic E-state index is 15.1. The summed E-state index contributed by atoms with van der Waals surface area (Å²) in [6.45, 7) is 2.43. The van der Waals surface area contributed by atoms with Gasteiger partial charge in [-0.25, -0.2) is 4.39 Å². The number of nitrogens with zero attached hydrogens (tertiary/aromatic N) is 4. The lowest BCUT2D eigenvalue weighted by Gasteiger charge is -2.40. The lowest BCUT2D eigenvalue weighted by atomic mass is 9.95. The van der Waals surface area contributed by atoms with Crippen LogP contribution in [0.5, 0.6) is 0 Å². The predicted octanol–water partition coefficient (Wildman–Crippen LogP) is 3.84. The van der Waals surface area contributed by atoms with Gasteiger partial charge in [-0.1, -0.05) is 17.7 Å². The Hall–Kier alpha value is -2.55. The van der Waals surface area contributed by atoms with Gasteiger partial charge in [0, 0.05) is 49.0 Å². The van der Waals surface area contributed by atoms with Crippen molar-refractivity contribution in [2.24, 2.45) is 0 Å². The summed E-state index contributed by atoms with van der Waals surface area (Å²) in [7, 11) is 0. The summed E-state index contributed by atoms with van der Waals surface area (Å²) in [5.41, 5.74) is 4.37. The molecular weight excluding hydrogens is 523 g/mol. The largest absolute Gasteiger partial charge is 0.619 e. The number of rotatable bonds is 3. The fourth-order valence-corrected chi connectivity index (χ4v) is 5.47. The SMILES string of the molecule is O=C(Cc1cc[n+]([O-])cc1)N1CCN([C@@H]2c3ccc(Cl)c(F)c3CCc3cc(Br)cnc32)CC1. The van der Waals surface area contributed by atoms with Crippen LogP contribution in [0, 0.1) is 11.0 Å². The average molecular weight is 546 g/mol. The Morgan fingerprint density at radius 2 is 1.91 bits per heavy atom. The highest BCUT2D eigenvalue weighted by molar-refractivity contribution is 9.10. The number of piperazine rings is 1. The van der Waals surface area contributed by atoms with Crippen molar-refractivity contribution in [2.75, 3.05) is 26.2 Å². The summed E-state index contributed by atoms with van der Waals surface area (Å²) in [5, 5.41) is 11.4. The van der Waals surface area contributed by atoms with Crippen molar-refractivity contribution < 1.29 is 13.9 Å². The molecular formula is C25H23BrClFN4O2. The molecule has 1 amide bonds. The van der Waals surface area contributed by atoms with E-state index in [0.717, 1.165) is 26.9 Å².